The smallest absolute Gasteiger partial charge is 0.251 e. The van der Waals surface area contributed by atoms with E-state index in [-0.39, 0.29) is 28.7 Å². The van der Waals surface area contributed by atoms with E-state index in [1.807, 2.05) is 13.0 Å². The van der Waals surface area contributed by atoms with Gasteiger partial charge in [0.2, 0.25) is 0 Å². The second-order valence-corrected chi connectivity index (χ2v) is 9.87. The molecule has 2 N–H and O–H groups in total. The summed E-state index contributed by atoms with van der Waals surface area (Å²) in [5.41, 5.74) is 2.37. The summed E-state index contributed by atoms with van der Waals surface area (Å²) in [4.78, 5) is 16.8. The van der Waals surface area contributed by atoms with Gasteiger partial charge in [0, 0.05) is 36.8 Å². The largest absolute Gasteiger partial charge is 0.385 e. The third kappa shape index (κ3) is 4.57. The van der Waals surface area contributed by atoms with Gasteiger partial charge in [-0.15, -0.1) is 0 Å². The van der Waals surface area contributed by atoms with Gasteiger partial charge in [-0.1, -0.05) is 17.8 Å². The zero-order chi connectivity index (χ0) is 18.7. The lowest BCUT2D eigenvalue weighted by Gasteiger charge is -2.12. The van der Waals surface area contributed by atoms with E-state index in [1.165, 1.54) is 11.8 Å². The fraction of sp³-hybridized carbons (Fsp3) is 0.529. The van der Waals surface area contributed by atoms with Gasteiger partial charge in [0.25, 0.3) is 5.91 Å². The monoisotopic (exact) mass is 397 g/mol. The van der Waals surface area contributed by atoms with Crippen LogP contribution in [0.4, 0.5) is 5.69 Å². The maximum atomic E-state index is 12.3. The van der Waals surface area contributed by atoms with E-state index in [0.29, 0.717) is 18.7 Å². The minimum absolute atomic E-state index is 0.00456. The Morgan fingerprint density at radius 1 is 1.38 bits per heavy atom. The first-order valence-electron chi connectivity index (χ1n) is 8.47. The Morgan fingerprint density at radius 3 is 2.92 bits per heavy atom. The van der Waals surface area contributed by atoms with Crippen LogP contribution in [-0.2, 0) is 14.6 Å². The standard InChI is InChI=1S/C17H23N3O4S2/c1-11-4-5-12(16(21)18-6-3-7-24-2)8-13(11)19-17-20-14-9-26(22,23)10-15(14)25-17/h4-5,8,14-15H,3,6-7,9-10H2,1-2H3,(H,18,21)(H,19,20)/t14-,15-/m1/s1. The molecule has 2 aliphatic heterocycles. The molecule has 9 heteroatoms. The summed E-state index contributed by atoms with van der Waals surface area (Å²) >= 11 is 1.47. The summed E-state index contributed by atoms with van der Waals surface area (Å²) in [5, 5.41) is 6.84. The number of amides is 1. The van der Waals surface area contributed by atoms with Crippen molar-refractivity contribution in [3.05, 3.63) is 29.3 Å². The number of fused-ring (bicyclic) bond motifs is 1. The van der Waals surface area contributed by atoms with Crippen molar-refractivity contribution in [1.82, 2.24) is 5.32 Å². The highest BCUT2D eigenvalue weighted by molar-refractivity contribution is 8.15. The van der Waals surface area contributed by atoms with Crippen molar-refractivity contribution >= 4 is 38.4 Å². The summed E-state index contributed by atoms with van der Waals surface area (Å²) < 4.78 is 28.3. The minimum Gasteiger partial charge on any atom is -0.385 e. The number of hydrogen-bond donors (Lipinski definition) is 2. The van der Waals surface area contributed by atoms with E-state index in [0.717, 1.165) is 22.8 Å². The number of thioether (sulfide) groups is 1. The molecule has 0 unspecified atom stereocenters. The molecule has 0 aliphatic carbocycles. The molecule has 0 aromatic heterocycles. The van der Waals surface area contributed by atoms with Crippen molar-refractivity contribution in [3.63, 3.8) is 0 Å². The van der Waals surface area contributed by atoms with E-state index in [4.69, 9.17) is 4.74 Å². The molecule has 142 valence electrons. The lowest BCUT2D eigenvalue weighted by molar-refractivity contribution is 0.0948. The number of hydrogen-bond acceptors (Lipinski definition) is 7. The number of sulfone groups is 1. The Morgan fingerprint density at radius 2 is 2.19 bits per heavy atom. The van der Waals surface area contributed by atoms with Crippen LogP contribution in [0, 0.1) is 6.92 Å². The van der Waals surface area contributed by atoms with Gasteiger partial charge in [0.15, 0.2) is 15.0 Å². The number of nitrogens with one attached hydrogen (secondary N) is 2. The van der Waals surface area contributed by atoms with E-state index >= 15 is 0 Å². The number of benzene rings is 1. The molecule has 1 amide bonds. The van der Waals surface area contributed by atoms with Crippen LogP contribution < -0.4 is 10.6 Å². The third-order valence-corrected chi connectivity index (χ3v) is 7.51. The molecular weight excluding hydrogens is 374 g/mol. The number of aryl methyl sites for hydroxylation is 1. The summed E-state index contributed by atoms with van der Waals surface area (Å²) in [6, 6.07) is 5.31. The van der Waals surface area contributed by atoms with Crippen LogP contribution >= 0.6 is 11.8 Å². The summed E-state index contributed by atoms with van der Waals surface area (Å²) in [5.74, 6) is 0.173. The summed E-state index contributed by atoms with van der Waals surface area (Å²) in [6.07, 6.45) is 0.762. The zero-order valence-corrected chi connectivity index (χ0v) is 16.5. The number of nitrogens with zero attached hydrogens (tertiary/aromatic N) is 1. The molecule has 3 rings (SSSR count). The molecule has 26 heavy (non-hydrogen) atoms. The van der Waals surface area contributed by atoms with E-state index in [2.05, 4.69) is 15.6 Å². The average molecular weight is 398 g/mol. The number of rotatable bonds is 6. The molecule has 1 fully saturated rings. The van der Waals surface area contributed by atoms with Crippen LogP contribution in [0.15, 0.2) is 23.2 Å². The van der Waals surface area contributed by atoms with Crippen LogP contribution in [0.3, 0.4) is 0 Å². The molecule has 1 aromatic rings. The first-order valence-corrected chi connectivity index (χ1v) is 11.2. The van der Waals surface area contributed by atoms with Gasteiger partial charge in [0.05, 0.1) is 17.5 Å². The Labute approximate surface area is 157 Å². The van der Waals surface area contributed by atoms with Gasteiger partial charge in [-0.05, 0) is 31.0 Å². The zero-order valence-electron chi connectivity index (χ0n) is 14.8. The normalized spacial score (nSPS) is 23.4. The van der Waals surface area contributed by atoms with Gasteiger partial charge in [-0.3, -0.25) is 9.79 Å². The number of ether oxygens (including phenoxy) is 1. The maximum Gasteiger partial charge on any atom is 0.251 e. The van der Waals surface area contributed by atoms with Crippen LogP contribution in [0.25, 0.3) is 0 Å². The SMILES string of the molecule is COCCCNC(=O)c1ccc(C)c(NC2=N[C@@H]3CS(=O)(=O)C[C@H]3S2)c1. The number of carbonyl (C=O) groups excluding carboxylic acids is 1. The van der Waals surface area contributed by atoms with Crippen molar-refractivity contribution in [1.29, 1.82) is 0 Å². The van der Waals surface area contributed by atoms with Crippen molar-refractivity contribution in [3.8, 4) is 0 Å². The van der Waals surface area contributed by atoms with E-state index in [9.17, 15) is 13.2 Å². The number of anilines is 1. The van der Waals surface area contributed by atoms with Gasteiger partial charge in [-0.2, -0.15) is 0 Å². The maximum absolute atomic E-state index is 12.3. The van der Waals surface area contributed by atoms with E-state index < -0.39 is 9.84 Å². The average Bonchev–Trinajstić information content (AvgIpc) is 3.06. The third-order valence-electron chi connectivity index (χ3n) is 4.37. The van der Waals surface area contributed by atoms with Crippen LogP contribution in [-0.4, -0.2) is 62.6 Å². The minimum atomic E-state index is -2.96. The fourth-order valence-electron chi connectivity index (χ4n) is 2.95. The number of amidine groups is 1. The highest BCUT2D eigenvalue weighted by atomic mass is 32.2. The lowest BCUT2D eigenvalue weighted by Crippen LogP contribution is -2.25. The highest BCUT2D eigenvalue weighted by Crippen LogP contribution is 2.35. The molecular formula is C17H23N3O4S2. The molecule has 0 bridgehead atoms. The van der Waals surface area contributed by atoms with Crippen molar-refractivity contribution in [2.45, 2.75) is 24.6 Å². The van der Waals surface area contributed by atoms with E-state index in [1.54, 1.807) is 19.2 Å². The molecule has 1 aromatic carbocycles. The Balaban J connectivity index is 1.65. The lowest BCUT2D eigenvalue weighted by atomic mass is 10.1. The first kappa shape index (κ1) is 19.2. The Kier molecular flexibility index (Phi) is 5.89. The predicted octanol–water partition coefficient (Wildman–Crippen LogP) is 1.44. The molecule has 7 nitrogen and oxygen atoms in total. The number of methoxy groups -OCH3 is 1. The van der Waals surface area contributed by atoms with Gasteiger partial charge >= 0.3 is 0 Å². The van der Waals surface area contributed by atoms with Crippen LogP contribution in [0.5, 0.6) is 0 Å². The molecule has 1 saturated heterocycles. The van der Waals surface area contributed by atoms with Gasteiger partial charge < -0.3 is 15.4 Å². The van der Waals surface area contributed by atoms with Gasteiger partial charge in [-0.25, -0.2) is 8.42 Å². The second-order valence-electron chi connectivity index (χ2n) is 6.49. The van der Waals surface area contributed by atoms with Gasteiger partial charge in [0.1, 0.15) is 0 Å². The number of carbonyl (C=O) groups is 1. The molecule has 0 spiro atoms. The molecule has 0 radical (unpaired) electrons. The topological polar surface area (TPSA) is 96.9 Å². The second kappa shape index (κ2) is 7.98. The highest BCUT2D eigenvalue weighted by Gasteiger charge is 2.42. The van der Waals surface area contributed by atoms with Crippen LogP contribution in [0.1, 0.15) is 22.3 Å². The summed E-state index contributed by atoms with van der Waals surface area (Å²) in [6.45, 7) is 3.12. The predicted molar refractivity (Wildman–Crippen MR) is 105 cm³/mol. The Hall–Kier alpha value is -1.58. The fourth-order valence-corrected chi connectivity index (χ4v) is 6.62. The van der Waals surface area contributed by atoms with Crippen molar-refractivity contribution in [2.75, 3.05) is 37.1 Å². The quantitative estimate of drug-likeness (QED) is 0.705. The molecule has 0 saturated carbocycles. The molecule has 2 aliphatic rings. The van der Waals surface area contributed by atoms with Crippen LogP contribution in [0.2, 0.25) is 0 Å². The number of aliphatic imine (C=N–C) groups is 1. The Bertz CT molecular complexity index is 823. The van der Waals surface area contributed by atoms with Crippen molar-refractivity contribution < 1.29 is 17.9 Å². The van der Waals surface area contributed by atoms with Crippen molar-refractivity contribution in [2.24, 2.45) is 4.99 Å². The molecule has 2 atom stereocenters. The first-order chi connectivity index (χ1) is 12.4. The summed E-state index contributed by atoms with van der Waals surface area (Å²) in [7, 11) is -1.33. The molecule has 2 heterocycles.